The number of amides is 1. The van der Waals surface area contributed by atoms with Gasteiger partial charge in [0.05, 0.1) is 17.0 Å². The normalized spacial score (nSPS) is 15.3. The third-order valence-corrected chi connectivity index (χ3v) is 7.41. The summed E-state index contributed by atoms with van der Waals surface area (Å²) in [5.41, 5.74) is 3.27. The van der Waals surface area contributed by atoms with Crippen LogP contribution in [0, 0.1) is 6.92 Å². The van der Waals surface area contributed by atoms with E-state index in [9.17, 15) is 13.2 Å². The van der Waals surface area contributed by atoms with Gasteiger partial charge < -0.3 is 10.2 Å². The molecule has 1 N–H and O–H groups in total. The number of thiazole rings is 1. The van der Waals surface area contributed by atoms with Gasteiger partial charge in [0.2, 0.25) is 5.91 Å². The van der Waals surface area contributed by atoms with Crippen LogP contribution in [0.3, 0.4) is 0 Å². The molecule has 0 radical (unpaired) electrons. The number of nitrogens with one attached hydrogen (secondary N) is 1. The summed E-state index contributed by atoms with van der Waals surface area (Å²) in [6, 6.07) is 14.2. The van der Waals surface area contributed by atoms with Crippen molar-refractivity contribution in [1.82, 2.24) is 9.88 Å². The van der Waals surface area contributed by atoms with Crippen molar-refractivity contribution < 1.29 is 13.2 Å². The molecule has 7 nitrogen and oxygen atoms in total. The molecule has 9 heteroatoms. The van der Waals surface area contributed by atoms with Gasteiger partial charge in [0.25, 0.3) is 10.0 Å². The first kappa shape index (κ1) is 22.2. The zero-order valence-corrected chi connectivity index (χ0v) is 19.5. The number of carbonyl (C=O) groups is 1. The maximum absolute atomic E-state index is 12.7. The molecule has 3 aromatic rings. The zero-order valence-electron chi connectivity index (χ0n) is 17.9. The monoisotopic (exact) mass is 468 g/mol. The third-order valence-electron chi connectivity index (χ3n) is 5.17. The topological polar surface area (TPSA) is 91.7 Å². The molecule has 32 heavy (non-hydrogen) atoms. The maximum Gasteiger partial charge on any atom is 0.284 e. The van der Waals surface area contributed by atoms with Crippen LogP contribution in [-0.2, 0) is 21.2 Å². The quantitative estimate of drug-likeness (QED) is 0.588. The molecule has 0 aliphatic carbocycles. The van der Waals surface area contributed by atoms with Gasteiger partial charge in [-0.05, 0) is 31.5 Å². The number of hydrogen-bond donors (Lipinski definition) is 1. The minimum atomic E-state index is -3.84. The van der Waals surface area contributed by atoms with E-state index in [-0.39, 0.29) is 17.2 Å². The number of rotatable bonds is 6. The van der Waals surface area contributed by atoms with Gasteiger partial charge in [-0.25, -0.2) is 4.98 Å². The van der Waals surface area contributed by atoms with Crippen LogP contribution >= 0.6 is 11.3 Å². The molecule has 0 bridgehead atoms. The van der Waals surface area contributed by atoms with E-state index in [1.165, 1.54) is 29.0 Å². The van der Waals surface area contributed by atoms with Crippen LogP contribution in [0.5, 0.6) is 0 Å². The van der Waals surface area contributed by atoms with E-state index in [2.05, 4.69) is 14.7 Å². The fourth-order valence-electron chi connectivity index (χ4n) is 3.42. The summed E-state index contributed by atoms with van der Waals surface area (Å²) in [6.07, 6.45) is 1.64. The van der Waals surface area contributed by atoms with E-state index in [0.29, 0.717) is 23.6 Å². The number of likely N-dealkylation sites (tertiary alicyclic amines) is 1. The van der Waals surface area contributed by atoms with Crippen LogP contribution in [-0.4, -0.2) is 43.6 Å². The highest BCUT2D eigenvalue weighted by Gasteiger charge is 2.20. The number of anilines is 1. The van der Waals surface area contributed by atoms with Crippen LogP contribution < -0.4 is 5.32 Å². The molecule has 0 unspecified atom stereocenters. The molecule has 1 amide bonds. The van der Waals surface area contributed by atoms with E-state index in [1.807, 2.05) is 48.5 Å². The SMILES string of the molecule is Cc1ccc(-c2nc(CC(=O)Nc3cccc(S(=O)(=O)N=C4CCCN4C)c3)cs2)cc1. The second-order valence-corrected chi connectivity index (χ2v) is 10.2. The molecule has 0 atom stereocenters. The molecular weight excluding hydrogens is 444 g/mol. The first-order chi connectivity index (χ1) is 15.3. The minimum Gasteiger partial charge on any atom is -0.362 e. The molecular formula is C23H24N4O3S2. The standard InChI is InChI=1S/C23H24N4O3S2/c1-16-8-10-17(11-9-16)23-25-19(15-31-23)14-22(28)24-18-5-3-6-20(13-18)32(29,30)26-21-7-4-12-27(21)2/h3,5-6,8-11,13,15H,4,7,12,14H2,1-2H3,(H,24,28). The van der Waals surface area contributed by atoms with Crippen molar-refractivity contribution in [2.45, 2.75) is 31.1 Å². The van der Waals surface area contributed by atoms with E-state index in [4.69, 9.17) is 0 Å². The molecule has 2 heterocycles. The van der Waals surface area contributed by atoms with Gasteiger partial charge in [-0.3, -0.25) is 4.79 Å². The van der Waals surface area contributed by atoms with Crippen LogP contribution in [0.4, 0.5) is 5.69 Å². The van der Waals surface area contributed by atoms with E-state index in [0.717, 1.165) is 23.5 Å². The fraction of sp³-hybridized carbons (Fsp3) is 0.261. The largest absolute Gasteiger partial charge is 0.362 e. The van der Waals surface area contributed by atoms with Crippen molar-refractivity contribution in [3.8, 4) is 10.6 Å². The predicted molar refractivity (Wildman–Crippen MR) is 128 cm³/mol. The zero-order chi connectivity index (χ0) is 22.7. The fourth-order valence-corrected chi connectivity index (χ4v) is 5.39. The number of sulfonamides is 1. The Labute approximate surface area is 191 Å². The number of nitrogens with zero attached hydrogens (tertiary/aromatic N) is 3. The lowest BCUT2D eigenvalue weighted by atomic mass is 10.2. The summed E-state index contributed by atoms with van der Waals surface area (Å²) in [5, 5.41) is 5.49. The number of carbonyl (C=O) groups excluding carboxylic acids is 1. The number of hydrogen-bond acceptors (Lipinski definition) is 5. The van der Waals surface area contributed by atoms with Crippen molar-refractivity contribution in [2.24, 2.45) is 4.40 Å². The first-order valence-electron chi connectivity index (χ1n) is 10.3. The summed E-state index contributed by atoms with van der Waals surface area (Å²) in [6.45, 7) is 2.83. The Bertz CT molecular complexity index is 1260. The van der Waals surface area contributed by atoms with Crippen molar-refractivity contribution in [3.63, 3.8) is 0 Å². The highest BCUT2D eigenvalue weighted by Crippen LogP contribution is 2.25. The van der Waals surface area contributed by atoms with Crippen molar-refractivity contribution in [1.29, 1.82) is 0 Å². The average molecular weight is 469 g/mol. The van der Waals surface area contributed by atoms with Crippen molar-refractivity contribution in [3.05, 3.63) is 65.2 Å². The van der Waals surface area contributed by atoms with Gasteiger partial charge in [0.1, 0.15) is 10.8 Å². The van der Waals surface area contributed by atoms with Gasteiger partial charge in [-0.15, -0.1) is 15.7 Å². The van der Waals surface area contributed by atoms with Crippen LogP contribution in [0.15, 0.2) is 63.2 Å². The Morgan fingerprint density at radius 3 is 2.72 bits per heavy atom. The number of aryl methyl sites for hydroxylation is 1. The number of aromatic nitrogens is 1. The summed E-state index contributed by atoms with van der Waals surface area (Å²) < 4.78 is 29.3. The highest BCUT2D eigenvalue weighted by atomic mass is 32.2. The van der Waals surface area contributed by atoms with E-state index >= 15 is 0 Å². The van der Waals surface area contributed by atoms with Gasteiger partial charge in [-0.1, -0.05) is 35.9 Å². The molecule has 166 valence electrons. The second kappa shape index (κ2) is 9.22. The first-order valence-corrected chi connectivity index (χ1v) is 12.6. The van der Waals surface area contributed by atoms with Gasteiger partial charge in [0, 0.05) is 36.6 Å². The van der Waals surface area contributed by atoms with Crippen molar-refractivity contribution >= 4 is 38.8 Å². The van der Waals surface area contributed by atoms with Crippen LogP contribution in [0.1, 0.15) is 24.1 Å². The Morgan fingerprint density at radius 2 is 2.00 bits per heavy atom. The lowest BCUT2D eigenvalue weighted by Crippen LogP contribution is -2.20. The second-order valence-electron chi connectivity index (χ2n) is 7.77. The van der Waals surface area contributed by atoms with Gasteiger partial charge in [0.15, 0.2) is 0 Å². The Morgan fingerprint density at radius 1 is 1.22 bits per heavy atom. The van der Waals surface area contributed by atoms with Gasteiger partial charge >= 0.3 is 0 Å². The van der Waals surface area contributed by atoms with Crippen molar-refractivity contribution in [2.75, 3.05) is 18.9 Å². The molecule has 4 rings (SSSR count). The molecule has 0 saturated carbocycles. The molecule has 1 fully saturated rings. The Hall–Kier alpha value is -3.04. The highest BCUT2D eigenvalue weighted by molar-refractivity contribution is 7.90. The molecule has 1 saturated heterocycles. The van der Waals surface area contributed by atoms with Crippen LogP contribution in [0.2, 0.25) is 0 Å². The number of amidine groups is 1. The Kier molecular flexibility index (Phi) is 6.38. The summed E-state index contributed by atoms with van der Waals surface area (Å²) in [5.74, 6) is 0.300. The van der Waals surface area contributed by atoms with Crippen LogP contribution in [0.25, 0.3) is 10.6 Å². The van der Waals surface area contributed by atoms with E-state index < -0.39 is 10.0 Å². The third kappa shape index (κ3) is 5.23. The summed E-state index contributed by atoms with van der Waals surface area (Å²) >= 11 is 1.49. The van der Waals surface area contributed by atoms with E-state index in [1.54, 1.807) is 12.1 Å². The molecule has 1 aromatic heterocycles. The molecule has 1 aliphatic rings. The molecule has 1 aliphatic heterocycles. The molecule has 0 spiro atoms. The minimum absolute atomic E-state index is 0.0541. The lowest BCUT2D eigenvalue weighted by molar-refractivity contribution is -0.115. The van der Waals surface area contributed by atoms with Gasteiger partial charge in [-0.2, -0.15) is 8.42 Å². The smallest absolute Gasteiger partial charge is 0.284 e. The molecule has 2 aromatic carbocycles. The number of benzene rings is 2. The average Bonchev–Trinajstić information content (AvgIpc) is 3.37. The Balaban J connectivity index is 1.44. The summed E-state index contributed by atoms with van der Waals surface area (Å²) in [7, 11) is -2.01. The summed E-state index contributed by atoms with van der Waals surface area (Å²) in [4.78, 5) is 19.0. The lowest BCUT2D eigenvalue weighted by Gasteiger charge is -2.11. The maximum atomic E-state index is 12.7. The predicted octanol–water partition coefficient (Wildman–Crippen LogP) is 4.11.